The third-order valence-corrected chi connectivity index (χ3v) is 3.54. The van der Waals surface area contributed by atoms with Crippen LogP contribution in [0, 0.1) is 0 Å². The number of para-hydroxylation sites is 1. The summed E-state index contributed by atoms with van der Waals surface area (Å²) in [5.41, 5.74) is 1.40. The van der Waals surface area contributed by atoms with Crippen molar-refractivity contribution in [1.82, 2.24) is 15.2 Å². The molecule has 3 N–H and O–H groups in total. The Bertz CT molecular complexity index is 709. The van der Waals surface area contributed by atoms with Crippen LogP contribution in [-0.4, -0.2) is 32.2 Å². The molecule has 2 rings (SSSR count). The lowest BCUT2D eigenvalue weighted by Gasteiger charge is -2.08. The van der Waals surface area contributed by atoms with E-state index in [1.54, 1.807) is 6.07 Å². The van der Waals surface area contributed by atoms with E-state index in [9.17, 15) is 9.59 Å². The number of amides is 1. The third kappa shape index (κ3) is 4.91. The molecular formula is C17H22N4O3. The summed E-state index contributed by atoms with van der Waals surface area (Å²) in [4.78, 5) is 27.0. The van der Waals surface area contributed by atoms with Crippen molar-refractivity contribution in [3.63, 3.8) is 0 Å². The summed E-state index contributed by atoms with van der Waals surface area (Å²) in [6, 6.07) is 7.35. The fourth-order valence-electron chi connectivity index (χ4n) is 2.21. The van der Waals surface area contributed by atoms with Gasteiger partial charge in [-0.1, -0.05) is 26.0 Å². The normalized spacial score (nSPS) is 10.8. The van der Waals surface area contributed by atoms with Crippen molar-refractivity contribution in [3.05, 3.63) is 30.1 Å². The molecule has 0 aliphatic rings. The van der Waals surface area contributed by atoms with Crippen molar-refractivity contribution in [2.24, 2.45) is 0 Å². The van der Waals surface area contributed by atoms with Gasteiger partial charge in [0.2, 0.25) is 5.91 Å². The van der Waals surface area contributed by atoms with Crippen molar-refractivity contribution in [2.75, 3.05) is 5.32 Å². The molecular weight excluding hydrogens is 308 g/mol. The molecule has 0 atom stereocenters. The number of benzene rings is 1. The zero-order valence-electron chi connectivity index (χ0n) is 13.9. The molecule has 1 amide bonds. The number of aliphatic carboxylic acids is 1. The molecule has 0 saturated carbocycles. The Kier molecular flexibility index (Phi) is 6.06. The molecule has 24 heavy (non-hydrogen) atoms. The molecule has 7 heteroatoms. The van der Waals surface area contributed by atoms with Gasteiger partial charge in [-0.05, 0) is 25.0 Å². The number of unbranched alkanes of at least 4 members (excludes halogenated alkanes) is 1. The van der Waals surface area contributed by atoms with Crippen LogP contribution in [-0.2, 0) is 9.59 Å². The fraction of sp³-hybridized carbons (Fsp3) is 0.412. The maximum absolute atomic E-state index is 12.0. The van der Waals surface area contributed by atoms with Gasteiger partial charge in [0, 0.05) is 24.3 Å². The molecule has 0 spiro atoms. The lowest BCUT2D eigenvalue weighted by Crippen LogP contribution is -2.12. The monoisotopic (exact) mass is 330 g/mol. The zero-order valence-corrected chi connectivity index (χ0v) is 13.9. The van der Waals surface area contributed by atoms with Crippen LogP contribution in [0.4, 0.5) is 5.69 Å². The fourth-order valence-corrected chi connectivity index (χ4v) is 2.21. The lowest BCUT2D eigenvalue weighted by molar-refractivity contribution is -0.137. The van der Waals surface area contributed by atoms with E-state index in [0.29, 0.717) is 24.4 Å². The summed E-state index contributed by atoms with van der Waals surface area (Å²) in [5.74, 6) is 0.585. The Hall–Kier alpha value is -2.70. The predicted molar refractivity (Wildman–Crippen MR) is 90.6 cm³/mol. The third-order valence-electron chi connectivity index (χ3n) is 3.54. The van der Waals surface area contributed by atoms with Crippen LogP contribution in [0.5, 0.6) is 0 Å². The number of H-pyrrole nitrogens is 1. The van der Waals surface area contributed by atoms with Crippen LogP contribution in [0.3, 0.4) is 0 Å². The molecule has 2 aromatic rings. The smallest absolute Gasteiger partial charge is 0.303 e. The first-order valence-corrected chi connectivity index (χ1v) is 8.00. The number of carbonyl (C=O) groups is 2. The number of rotatable bonds is 8. The number of carbonyl (C=O) groups excluding carboxylic acids is 1. The number of carboxylic acids is 1. The highest BCUT2D eigenvalue weighted by Crippen LogP contribution is 2.26. The summed E-state index contributed by atoms with van der Waals surface area (Å²) in [7, 11) is 0. The van der Waals surface area contributed by atoms with Gasteiger partial charge >= 0.3 is 5.97 Å². The number of anilines is 1. The minimum atomic E-state index is -0.841. The average molecular weight is 330 g/mol. The van der Waals surface area contributed by atoms with Gasteiger partial charge in [-0.15, -0.1) is 0 Å². The van der Waals surface area contributed by atoms with Gasteiger partial charge in [-0.25, -0.2) is 4.98 Å². The van der Waals surface area contributed by atoms with E-state index in [1.165, 1.54) is 0 Å². The van der Waals surface area contributed by atoms with Crippen molar-refractivity contribution >= 4 is 17.6 Å². The maximum Gasteiger partial charge on any atom is 0.303 e. The minimum absolute atomic E-state index is 0.0824. The predicted octanol–water partition coefficient (Wildman–Crippen LogP) is 3.18. The van der Waals surface area contributed by atoms with Crippen LogP contribution in [0.1, 0.15) is 51.3 Å². The zero-order chi connectivity index (χ0) is 17.5. The van der Waals surface area contributed by atoms with Crippen LogP contribution in [0.15, 0.2) is 24.3 Å². The quantitative estimate of drug-likeness (QED) is 0.644. The number of nitrogens with one attached hydrogen (secondary N) is 2. The number of aromatic nitrogens is 3. The SMILES string of the molecule is CC(C)c1nc(-c2ccccc2NC(=O)CCCCC(=O)O)n[nH]1. The van der Waals surface area contributed by atoms with Crippen LogP contribution >= 0.6 is 0 Å². The number of hydrogen-bond acceptors (Lipinski definition) is 4. The van der Waals surface area contributed by atoms with Crippen molar-refractivity contribution in [3.8, 4) is 11.4 Å². The van der Waals surface area contributed by atoms with E-state index in [1.807, 2.05) is 32.0 Å². The first kappa shape index (κ1) is 17.7. The first-order valence-electron chi connectivity index (χ1n) is 8.00. The molecule has 0 saturated heterocycles. The summed E-state index contributed by atoms with van der Waals surface area (Å²) in [6.45, 7) is 4.05. The molecule has 1 aromatic heterocycles. The average Bonchev–Trinajstić information content (AvgIpc) is 3.02. The molecule has 0 radical (unpaired) electrons. The summed E-state index contributed by atoms with van der Waals surface area (Å²) < 4.78 is 0. The molecule has 1 aromatic carbocycles. The van der Waals surface area contributed by atoms with Crippen molar-refractivity contribution in [2.45, 2.75) is 45.4 Å². The second-order valence-electron chi connectivity index (χ2n) is 5.89. The van der Waals surface area contributed by atoms with E-state index in [0.717, 1.165) is 11.4 Å². The Labute approximate surface area is 140 Å². The number of carboxylic acid groups (broad SMARTS) is 1. The molecule has 128 valence electrons. The van der Waals surface area contributed by atoms with Gasteiger partial charge in [0.15, 0.2) is 5.82 Å². The second kappa shape index (κ2) is 8.24. The van der Waals surface area contributed by atoms with E-state index < -0.39 is 5.97 Å². The minimum Gasteiger partial charge on any atom is -0.481 e. The Balaban J connectivity index is 2.03. The molecule has 0 bridgehead atoms. The largest absolute Gasteiger partial charge is 0.481 e. The van der Waals surface area contributed by atoms with Gasteiger partial charge in [0.1, 0.15) is 5.82 Å². The van der Waals surface area contributed by atoms with Crippen LogP contribution < -0.4 is 5.32 Å². The van der Waals surface area contributed by atoms with Crippen molar-refractivity contribution in [1.29, 1.82) is 0 Å². The molecule has 0 aliphatic carbocycles. The molecule has 7 nitrogen and oxygen atoms in total. The maximum atomic E-state index is 12.0. The summed E-state index contributed by atoms with van der Waals surface area (Å²) in [6.07, 6.45) is 1.40. The summed E-state index contributed by atoms with van der Waals surface area (Å²) >= 11 is 0. The Morgan fingerprint density at radius 2 is 1.92 bits per heavy atom. The number of aromatic amines is 1. The number of hydrogen-bond donors (Lipinski definition) is 3. The highest BCUT2D eigenvalue weighted by atomic mass is 16.4. The van der Waals surface area contributed by atoms with E-state index >= 15 is 0 Å². The second-order valence-corrected chi connectivity index (χ2v) is 5.89. The molecule has 0 fully saturated rings. The van der Waals surface area contributed by atoms with E-state index in [2.05, 4.69) is 20.5 Å². The topological polar surface area (TPSA) is 108 Å². The van der Waals surface area contributed by atoms with E-state index in [-0.39, 0.29) is 24.7 Å². The summed E-state index contributed by atoms with van der Waals surface area (Å²) in [5, 5.41) is 18.6. The van der Waals surface area contributed by atoms with Crippen molar-refractivity contribution < 1.29 is 14.7 Å². The Morgan fingerprint density at radius 1 is 1.21 bits per heavy atom. The van der Waals surface area contributed by atoms with Gasteiger partial charge in [0.25, 0.3) is 0 Å². The first-order chi connectivity index (χ1) is 11.5. The highest BCUT2D eigenvalue weighted by molar-refractivity contribution is 5.94. The lowest BCUT2D eigenvalue weighted by atomic mass is 10.1. The van der Waals surface area contributed by atoms with E-state index in [4.69, 9.17) is 5.11 Å². The van der Waals surface area contributed by atoms with Gasteiger partial charge in [0.05, 0.1) is 5.69 Å². The van der Waals surface area contributed by atoms with Gasteiger partial charge < -0.3 is 10.4 Å². The molecule has 0 unspecified atom stereocenters. The standard InChI is InChI=1S/C17H22N4O3/c1-11(2)16-19-17(21-20-16)12-7-3-4-8-13(12)18-14(22)9-5-6-10-15(23)24/h3-4,7-8,11H,5-6,9-10H2,1-2H3,(H,18,22)(H,23,24)(H,19,20,21). The van der Waals surface area contributed by atoms with Crippen LogP contribution in [0.25, 0.3) is 11.4 Å². The number of nitrogens with zero attached hydrogens (tertiary/aromatic N) is 2. The molecule has 1 heterocycles. The van der Waals surface area contributed by atoms with Gasteiger partial charge in [-0.3, -0.25) is 14.7 Å². The Morgan fingerprint density at radius 3 is 2.58 bits per heavy atom. The molecule has 0 aliphatic heterocycles. The van der Waals surface area contributed by atoms with Gasteiger partial charge in [-0.2, -0.15) is 5.10 Å². The highest BCUT2D eigenvalue weighted by Gasteiger charge is 2.13. The van der Waals surface area contributed by atoms with Crippen LogP contribution in [0.2, 0.25) is 0 Å².